The summed E-state index contributed by atoms with van der Waals surface area (Å²) < 4.78 is 5.60. The molecule has 3 nitrogen and oxygen atoms in total. The van der Waals surface area contributed by atoms with Crippen LogP contribution >= 0.6 is 0 Å². The van der Waals surface area contributed by atoms with Crippen LogP contribution in [0.2, 0.25) is 0 Å². The Hall–Kier alpha value is -2.72. The fourth-order valence-corrected chi connectivity index (χ4v) is 5.31. The maximum absolute atomic E-state index is 12.4. The lowest BCUT2D eigenvalue weighted by Crippen LogP contribution is -2.28. The summed E-state index contributed by atoms with van der Waals surface area (Å²) in [7, 11) is -0.201. The van der Waals surface area contributed by atoms with E-state index in [9.17, 15) is 4.79 Å². The van der Waals surface area contributed by atoms with Gasteiger partial charge in [-0.1, -0.05) is 31.2 Å². The molecule has 0 radical (unpaired) electrons. The van der Waals surface area contributed by atoms with Gasteiger partial charge in [0, 0.05) is 0 Å². The fraction of sp³-hybridized carbons (Fsp3) is 0.208. The second kappa shape index (κ2) is 7.36. The average molecular weight is 391 g/mol. The molecule has 1 aliphatic heterocycles. The van der Waals surface area contributed by atoms with Crippen LogP contribution in [0.25, 0.3) is 0 Å². The minimum absolute atomic E-state index is 0.192. The summed E-state index contributed by atoms with van der Waals surface area (Å²) in [6, 6.07) is 24.8. The maximum atomic E-state index is 12.4. The molecular weight excluding hydrogens is 366 g/mol. The number of nitrogens with one attached hydrogen (secondary N) is 1. The molecule has 3 aromatic rings. The van der Waals surface area contributed by atoms with Gasteiger partial charge < -0.3 is 10.1 Å². The number of ether oxygens (including phenoxy) is 1. The van der Waals surface area contributed by atoms with Gasteiger partial charge in [-0.2, -0.15) is 0 Å². The SMILES string of the molecule is CCC(C)(C)C(=O)Oc1ccc([S+]2c3ccccc3Nc3ccccc32)cc1. The Balaban J connectivity index is 1.68. The van der Waals surface area contributed by atoms with Gasteiger partial charge in [0.15, 0.2) is 14.7 Å². The van der Waals surface area contributed by atoms with Crippen LogP contribution in [-0.2, 0) is 15.7 Å². The van der Waals surface area contributed by atoms with Crippen molar-refractivity contribution in [2.24, 2.45) is 5.41 Å². The first-order valence-corrected chi connectivity index (χ1v) is 10.7. The molecule has 1 heterocycles. The highest BCUT2D eigenvalue weighted by molar-refractivity contribution is 7.97. The van der Waals surface area contributed by atoms with Gasteiger partial charge in [0.1, 0.15) is 16.6 Å². The van der Waals surface area contributed by atoms with Crippen LogP contribution in [0.15, 0.2) is 87.5 Å². The van der Waals surface area contributed by atoms with Gasteiger partial charge in [0.05, 0.1) is 16.8 Å². The van der Waals surface area contributed by atoms with Crippen LogP contribution < -0.4 is 10.1 Å². The normalized spacial score (nSPS) is 13.2. The van der Waals surface area contributed by atoms with Crippen LogP contribution in [0.4, 0.5) is 11.4 Å². The van der Waals surface area contributed by atoms with E-state index in [1.165, 1.54) is 14.7 Å². The van der Waals surface area contributed by atoms with Gasteiger partial charge in [-0.05, 0) is 68.8 Å². The number of esters is 1. The molecule has 0 saturated carbocycles. The van der Waals surface area contributed by atoms with Gasteiger partial charge in [-0.15, -0.1) is 0 Å². The number of hydrogen-bond acceptors (Lipinski definition) is 3. The van der Waals surface area contributed by atoms with Crippen molar-refractivity contribution in [1.82, 2.24) is 0 Å². The molecule has 0 spiro atoms. The molecule has 142 valence electrons. The first kappa shape index (κ1) is 18.6. The van der Waals surface area contributed by atoms with Gasteiger partial charge in [-0.3, -0.25) is 4.79 Å². The Kier molecular flexibility index (Phi) is 4.90. The monoisotopic (exact) mass is 390 g/mol. The molecular formula is C24H24NO2S+. The lowest BCUT2D eigenvalue weighted by molar-refractivity contribution is -0.144. The summed E-state index contributed by atoms with van der Waals surface area (Å²) in [5, 5.41) is 3.54. The number of para-hydroxylation sites is 2. The van der Waals surface area contributed by atoms with Crippen molar-refractivity contribution in [1.29, 1.82) is 0 Å². The molecule has 0 aliphatic carbocycles. The van der Waals surface area contributed by atoms with E-state index in [1.54, 1.807) is 0 Å². The van der Waals surface area contributed by atoms with Gasteiger partial charge >= 0.3 is 5.97 Å². The smallest absolute Gasteiger partial charge is 0.316 e. The lowest BCUT2D eigenvalue weighted by atomic mass is 9.91. The molecule has 0 bridgehead atoms. The number of carbonyl (C=O) groups is 1. The molecule has 0 atom stereocenters. The number of anilines is 2. The Morgan fingerprint density at radius 1 is 0.893 bits per heavy atom. The van der Waals surface area contributed by atoms with Crippen LogP contribution in [-0.4, -0.2) is 5.97 Å². The topological polar surface area (TPSA) is 38.3 Å². The largest absolute Gasteiger partial charge is 0.426 e. The van der Waals surface area contributed by atoms with E-state index in [-0.39, 0.29) is 16.9 Å². The van der Waals surface area contributed by atoms with Crippen molar-refractivity contribution < 1.29 is 9.53 Å². The van der Waals surface area contributed by atoms with Crippen molar-refractivity contribution >= 4 is 28.2 Å². The van der Waals surface area contributed by atoms with Crippen LogP contribution in [0.1, 0.15) is 27.2 Å². The zero-order valence-electron chi connectivity index (χ0n) is 16.4. The van der Waals surface area contributed by atoms with E-state index in [2.05, 4.69) is 66.0 Å². The van der Waals surface area contributed by atoms with Crippen molar-refractivity contribution in [3.63, 3.8) is 0 Å². The Morgan fingerprint density at radius 2 is 1.43 bits per heavy atom. The Bertz CT molecular complexity index is 966. The predicted molar refractivity (Wildman–Crippen MR) is 114 cm³/mol. The van der Waals surface area contributed by atoms with Crippen molar-refractivity contribution in [3.05, 3.63) is 72.8 Å². The second-order valence-corrected chi connectivity index (χ2v) is 9.49. The lowest BCUT2D eigenvalue weighted by Gasteiger charge is -2.21. The molecule has 28 heavy (non-hydrogen) atoms. The minimum atomic E-state index is -0.479. The molecule has 0 fully saturated rings. The molecule has 1 aliphatic rings. The fourth-order valence-electron chi connectivity index (χ4n) is 3.05. The molecule has 0 saturated heterocycles. The molecule has 4 rings (SSSR count). The average Bonchev–Trinajstić information content (AvgIpc) is 2.72. The predicted octanol–water partition coefficient (Wildman–Crippen LogP) is 6.18. The van der Waals surface area contributed by atoms with Crippen LogP contribution in [0, 0.1) is 5.41 Å². The number of benzene rings is 3. The summed E-state index contributed by atoms with van der Waals surface area (Å²) in [4.78, 5) is 16.1. The number of rotatable bonds is 4. The second-order valence-electron chi connectivity index (χ2n) is 7.52. The van der Waals surface area contributed by atoms with Crippen molar-refractivity contribution in [2.45, 2.75) is 41.9 Å². The minimum Gasteiger partial charge on any atom is -0.426 e. The van der Waals surface area contributed by atoms with Crippen molar-refractivity contribution in [2.75, 3.05) is 5.32 Å². The summed E-state index contributed by atoms with van der Waals surface area (Å²) in [5.41, 5.74) is 1.81. The number of hydrogen-bond donors (Lipinski definition) is 1. The molecule has 1 N–H and O–H groups in total. The molecule has 0 aromatic heterocycles. The highest BCUT2D eigenvalue weighted by Crippen LogP contribution is 2.44. The van der Waals surface area contributed by atoms with E-state index in [4.69, 9.17) is 4.74 Å². The first-order chi connectivity index (χ1) is 13.5. The van der Waals surface area contributed by atoms with Gasteiger partial charge in [0.2, 0.25) is 0 Å². The number of fused-ring (bicyclic) bond motifs is 2. The highest BCUT2D eigenvalue weighted by Gasteiger charge is 2.37. The standard InChI is InChI=1S/C24H24NO2S/c1-4-24(2,3)23(26)27-17-13-15-18(16-14-17)28-21-11-7-5-9-19(21)25-20-10-6-8-12-22(20)28/h5-16,25H,4H2,1-3H3/q+1. The van der Waals surface area contributed by atoms with Gasteiger partial charge in [0.25, 0.3) is 0 Å². The molecule has 0 unspecified atom stereocenters. The van der Waals surface area contributed by atoms with Crippen LogP contribution in [0.5, 0.6) is 5.75 Å². The van der Waals surface area contributed by atoms with E-state index >= 15 is 0 Å². The van der Waals surface area contributed by atoms with E-state index in [0.29, 0.717) is 5.75 Å². The summed E-state index contributed by atoms with van der Waals surface area (Å²) in [5.74, 6) is 0.401. The third-order valence-corrected chi connectivity index (χ3v) is 7.52. The van der Waals surface area contributed by atoms with Gasteiger partial charge in [-0.25, -0.2) is 0 Å². The molecule has 4 heteroatoms. The summed E-state index contributed by atoms with van der Waals surface area (Å²) in [6.45, 7) is 5.82. The number of carbonyl (C=O) groups excluding carboxylic acids is 1. The van der Waals surface area contributed by atoms with E-state index < -0.39 is 5.41 Å². The Labute approximate surface area is 169 Å². The highest BCUT2D eigenvalue weighted by atomic mass is 32.2. The zero-order chi connectivity index (χ0) is 19.7. The van der Waals surface area contributed by atoms with E-state index in [0.717, 1.165) is 17.8 Å². The Morgan fingerprint density at radius 3 is 1.96 bits per heavy atom. The van der Waals surface area contributed by atoms with Crippen LogP contribution in [0.3, 0.4) is 0 Å². The third-order valence-electron chi connectivity index (χ3n) is 5.19. The molecule has 3 aromatic carbocycles. The maximum Gasteiger partial charge on any atom is 0.316 e. The summed E-state index contributed by atoms with van der Waals surface area (Å²) in [6.07, 6.45) is 0.744. The molecule has 0 amide bonds. The first-order valence-electron chi connectivity index (χ1n) is 9.51. The van der Waals surface area contributed by atoms with E-state index in [1.807, 2.05) is 32.9 Å². The zero-order valence-corrected chi connectivity index (χ0v) is 17.2. The third kappa shape index (κ3) is 3.40. The van der Waals surface area contributed by atoms with Crippen molar-refractivity contribution in [3.8, 4) is 5.75 Å². The summed E-state index contributed by atoms with van der Waals surface area (Å²) >= 11 is 0. The quantitative estimate of drug-likeness (QED) is 0.257.